The monoisotopic (exact) mass is 462 g/mol. The molecule has 0 unspecified atom stereocenters. The Hall–Kier alpha value is -3.43. The summed E-state index contributed by atoms with van der Waals surface area (Å²) in [4.78, 5) is 43.0. The van der Waals surface area contributed by atoms with Crippen LogP contribution in [0, 0.1) is 6.92 Å². The van der Waals surface area contributed by atoms with E-state index in [9.17, 15) is 14.4 Å². The van der Waals surface area contributed by atoms with E-state index < -0.39 is 5.91 Å². The zero-order chi connectivity index (χ0) is 22.7. The molecule has 1 saturated heterocycles. The Morgan fingerprint density at radius 1 is 0.875 bits per heavy atom. The van der Waals surface area contributed by atoms with Gasteiger partial charge in [0.05, 0.1) is 27.5 Å². The molecule has 9 heteroatoms. The molecule has 3 heterocycles. The highest BCUT2D eigenvalue weighted by Gasteiger charge is 2.43. The minimum atomic E-state index is -0.459. The molecule has 0 atom stereocenters. The summed E-state index contributed by atoms with van der Waals surface area (Å²) < 4.78 is 3.42. The van der Waals surface area contributed by atoms with Crippen molar-refractivity contribution in [3.8, 4) is 5.69 Å². The van der Waals surface area contributed by atoms with Crippen molar-refractivity contribution in [1.82, 2.24) is 9.36 Å². The second-order valence-electron chi connectivity index (χ2n) is 7.50. The van der Waals surface area contributed by atoms with Crippen molar-refractivity contribution in [3.05, 3.63) is 81.1 Å². The number of benzene rings is 2. The lowest BCUT2D eigenvalue weighted by Crippen LogP contribution is -2.33. The van der Waals surface area contributed by atoms with E-state index in [2.05, 4.69) is 0 Å². The fraction of sp³-hybridized carbons (Fsp3) is 0.130. The molecule has 2 aliphatic heterocycles. The van der Waals surface area contributed by atoms with Gasteiger partial charge in [0.2, 0.25) is 0 Å². The van der Waals surface area contributed by atoms with E-state index in [0.717, 1.165) is 17.4 Å². The fourth-order valence-electron chi connectivity index (χ4n) is 4.11. The first-order chi connectivity index (χ1) is 15.3. The van der Waals surface area contributed by atoms with Crippen LogP contribution in [0.4, 0.5) is 11.4 Å². The third kappa shape index (κ3) is 2.74. The van der Waals surface area contributed by atoms with E-state index >= 15 is 0 Å². The molecule has 1 fully saturated rings. The fourth-order valence-corrected chi connectivity index (χ4v) is 5.46. The molecule has 5 rings (SSSR count). The number of thiocarbonyl (C=S) groups is 1. The minimum Gasteiger partial charge on any atom is -0.311 e. The van der Waals surface area contributed by atoms with Crippen LogP contribution in [0.25, 0.3) is 11.3 Å². The number of rotatable bonds is 2. The molecular weight excluding hydrogens is 444 g/mol. The predicted molar refractivity (Wildman–Crippen MR) is 130 cm³/mol. The molecule has 2 aliphatic rings. The number of aromatic nitrogens is 2. The summed E-state index contributed by atoms with van der Waals surface area (Å²) >= 11 is 6.57. The average Bonchev–Trinajstić information content (AvgIpc) is 3.30. The quantitative estimate of drug-likeness (QED) is 0.432. The van der Waals surface area contributed by atoms with Gasteiger partial charge in [0, 0.05) is 19.7 Å². The van der Waals surface area contributed by atoms with E-state index in [1.165, 1.54) is 14.5 Å². The van der Waals surface area contributed by atoms with Gasteiger partial charge in [0.1, 0.15) is 5.69 Å². The Morgan fingerprint density at radius 2 is 1.53 bits per heavy atom. The molecule has 3 aromatic rings. The lowest BCUT2D eigenvalue weighted by atomic mass is 10.1. The van der Waals surface area contributed by atoms with Crippen LogP contribution in [0.5, 0.6) is 0 Å². The van der Waals surface area contributed by atoms with Gasteiger partial charge in [0.15, 0.2) is 4.32 Å². The summed E-state index contributed by atoms with van der Waals surface area (Å²) in [6, 6.07) is 16.5. The minimum absolute atomic E-state index is 0.196. The summed E-state index contributed by atoms with van der Waals surface area (Å²) in [6.45, 7) is 1.77. The van der Waals surface area contributed by atoms with E-state index in [1.807, 2.05) is 54.6 Å². The van der Waals surface area contributed by atoms with E-state index in [0.29, 0.717) is 22.5 Å². The van der Waals surface area contributed by atoms with Gasteiger partial charge in [-0.2, -0.15) is 0 Å². The Morgan fingerprint density at radius 3 is 2.25 bits per heavy atom. The molecule has 32 heavy (non-hydrogen) atoms. The Bertz CT molecular complexity index is 1420. The average molecular weight is 463 g/mol. The summed E-state index contributed by atoms with van der Waals surface area (Å²) in [5.74, 6) is -0.724. The molecule has 160 valence electrons. The molecule has 1 aromatic heterocycles. The van der Waals surface area contributed by atoms with Crippen LogP contribution in [0.3, 0.4) is 0 Å². The van der Waals surface area contributed by atoms with Crippen LogP contribution in [0.2, 0.25) is 0 Å². The second kappa shape index (κ2) is 7.32. The third-order valence-electron chi connectivity index (χ3n) is 5.80. The number of carbonyl (C=O) groups is 2. The van der Waals surface area contributed by atoms with Gasteiger partial charge in [-0.05, 0) is 25.1 Å². The van der Waals surface area contributed by atoms with Gasteiger partial charge in [-0.25, -0.2) is 4.68 Å². The lowest BCUT2D eigenvalue weighted by Gasteiger charge is -2.12. The summed E-state index contributed by atoms with van der Waals surface area (Å²) in [5, 5.41) is 0. The molecule has 2 amide bonds. The Kier molecular flexibility index (Phi) is 4.68. The number of fused-ring (bicyclic) bond motifs is 1. The van der Waals surface area contributed by atoms with Gasteiger partial charge in [0.25, 0.3) is 17.4 Å². The number of hydrogen-bond donors (Lipinski definition) is 0. The van der Waals surface area contributed by atoms with Crippen LogP contribution in [0.15, 0.2) is 64.3 Å². The largest absolute Gasteiger partial charge is 0.311 e. The number of hydrogen-bond acceptors (Lipinski definition) is 5. The zero-order valence-corrected chi connectivity index (χ0v) is 19.2. The van der Waals surface area contributed by atoms with Gasteiger partial charge in [-0.1, -0.05) is 60.4 Å². The molecule has 0 N–H and O–H groups in total. The highest BCUT2D eigenvalue weighted by Crippen LogP contribution is 2.45. The number of amides is 2. The first-order valence-corrected chi connectivity index (χ1v) is 11.1. The SMILES string of the molecule is Cc1c(N2C(=O)/C(=C3\C(=O)N(C)c4ccccc43)SC2=S)c(=O)n(-c2ccccc2)n1C. The normalized spacial score (nSPS) is 18.2. The van der Waals surface area contributed by atoms with Crippen LogP contribution in [-0.2, 0) is 16.6 Å². The number of para-hydroxylation sites is 2. The van der Waals surface area contributed by atoms with Crippen molar-refractivity contribution in [2.45, 2.75) is 6.92 Å². The molecule has 7 nitrogen and oxygen atoms in total. The highest BCUT2D eigenvalue weighted by molar-refractivity contribution is 8.27. The molecular formula is C23H18N4O3S2. The molecule has 0 radical (unpaired) electrons. The number of likely N-dealkylation sites (N-methyl/N-ethyl adjacent to an activating group) is 1. The van der Waals surface area contributed by atoms with Crippen molar-refractivity contribution >= 4 is 57.1 Å². The predicted octanol–water partition coefficient (Wildman–Crippen LogP) is 3.24. The van der Waals surface area contributed by atoms with Gasteiger partial charge in [-0.15, -0.1) is 0 Å². The molecule has 0 aliphatic carbocycles. The number of nitrogens with zero attached hydrogens (tertiary/aromatic N) is 4. The maximum absolute atomic E-state index is 13.6. The highest BCUT2D eigenvalue weighted by atomic mass is 32.2. The number of thioether (sulfide) groups is 1. The zero-order valence-electron chi connectivity index (χ0n) is 17.5. The first-order valence-electron chi connectivity index (χ1n) is 9.85. The maximum Gasteiger partial charge on any atom is 0.296 e. The lowest BCUT2D eigenvalue weighted by molar-refractivity contribution is -0.115. The van der Waals surface area contributed by atoms with Crippen LogP contribution >= 0.6 is 24.0 Å². The smallest absolute Gasteiger partial charge is 0.296 e. The van der Waals surface area contributed by atoms with Crippen molar-refractivity contribution in [3.63, 3.8) is 0 Å². The van der Waals surface area contributed by atoms with Crippen molar-refractivity contribution in [2.75, 3.05) is 16.8 Å². The molecule has 0 spiro atoms. The second-order valence-corrected chi connectivity index (χ2v) is 9.15. The summed E-state index contributed by atoms with van der Waals surface area (Å²) in [6.07, 6.45) is 0. The topological polar surface area (TPSA) is 67.6 Å². The standard InChI is InChI=1S/C23H18N4O3S2/c1-13-18(21(29)27(25(13)3)14-9-5-4-6-10-14)26-22(30)19(32-23(26)31)17-15-11-7-8-12-16(15)24(2)20(17)28/h4-12H,1-3H3/b19-17+. The van der Waals surface area contributed by atoms with Crippen LogP contribution in [-0.4, -0.2) is 32.5 Å². The molecule has 0 saturated carbocycles. The number of carbonyl (C=O) groups excluding carboxylic acids is 2. The van der Waals surface area contributed by atoms with Gasteiger partial charge in [-0.3, -0.25) is 24.0 Å². The molecule has 0 bridgehead atoms. The third-order valence-corrected chi connectivity index (χ3v) is 7.17. The summed E-state index contributed by atoms with van der Waals surface area (Å²) in [7, 11) is 3.43. The van der Waals surface area contributed by atoms with E-state index in [-0.39, 0.29) is 26.4 Å². The van der Waals surface area contributed by atoms with Crippen molar-refractivity contribution in [1.29, 1.82) is 0 Å². The van der Waals surface area contributed by atoms with E-state index in [4.69, 9.17) is 12.2 Å². The Balaban J connectivity index is 1.67. The number of anilines is 2. The van der Waals surface area contributed by atoms with Gasteiger partial charge < -0.3 is 4.90 Å². The maximum atomic E-state index is 13.6. The van der Waals surface area contributed by atoms with Crippen LogP contribution in [0.1, 0.15) is 11.3 Å². The molecule has 2 aromatic carbocycles. The van der Waals surface area contributed by atoms with Crippen LogP contribution < -0.4 is 15.4 Å². The van der Waals surface area contributed by atoms with Crippen molar-refractivity contribution in [2.24, 2.45) is 7.05 Å². The van der Waals surface area contributed by atoms with Gasteiger partial charge >= 0.3 is 0 Å². The van der Waals surface area contributed by atoms with Crippen molar-refractivity contribution < 1.29 is 9.59 Å². The summed E-state index contributed by atoms with van der Waals surface area (Å²) in [5.41, 5.74) is 2.86. The Labute approximate surface area is 193 Å². The first kappa shape index (κ1) is 20.5. The van der Waals surface area contributed by atoms with E-state index in [1.54, 1.807) is 25.7 Å².